The molecule has 1 aliphatic rings. The van der Waals surface area contributed by atoms with E-state index in [4.69, 9.17) is 14.0 Å². The fourth-order valence-electron chi connectivity index (χ4n) is 7.68. The number of likely N-dealkylation sites (tertiary alicyclic amines) is 1. The van der Waals surface area contributed by atoms with Gasteiger partial charge in [-0.25, -0.2) is 23.3 Å². The van der Waals surface area contributed by atoms with Crippen molar-refractivity contribution in [1.29, 1.82) is 0 Å². The molecule has 2 aromatic carbocycles. The molecule has 5 rings (SSSR count). The highest BCUT2D eigenvalue weighted by atomic mass is 31.2. The number of rotatable bonds is 14. The van der Waals surface area contributed by atoms with Crippen LogP contribution in [0.2, 0.25) is 0 Å². The van der Waals surface area contributed by atoms with Gasteiger partial charge in [-0.05, 0) is 54.8 Å². The predicted molar refractivity (Wildman–Crippen MR) is 196 cm³/mol. The Bertz CT molecular complexity index is 1960. The van der Waals surface area contributed by atoms with Gasteiger partial charge in [0.1, 0.15) is 24.3 Å². The van der Waals surface area contributed by atoms with Crippen molar-refractivity contribution < 1.29 is 41.9 Å². The van der Waals surface area contributed by atoms with Gasteiger partial charge in [0.2, 0.25) is 5.91 Å². The normalized spacial score (nSPS) is 15.9. The van der Waals surface area contributed by atoms with Crippen LogP contribution in [0.15, 0.2) is 49.1 Å². The number of carbonyl (C=O) groups is 1. The first kappa shape index (κ1) is 40.0. The lowest BCUT2D eigenvalue weighted by Crippen LogP contribution is -2.65. The third-order valence-electron chi connectivity index (χ3n) is 9.52. The molecular formula is C36H48F2N7O7P. The molecule has 1 aliphatic heterocycles. The van der Waals surface area contributed by atoms with E-state index in [9.17, 15) is 27.9 Å². The van der Waals surface area contributed by atoms with Gasteiger partial charge < -0.3 is 29.9 Å². The highest BCUT2D eigenvalue weighted by molar-refractivity contribution is 7.46. The number of hydrogen-bond donors (Lipinski definition) is 4. The highest BCUT2D eigenvalue weighted by Gasteiger charge is 2.61. The van der Waals surface area contributed by atoms with Crippen LogP contribution in [0.5, 0.6) is 11.5 Å². The molecule has 17 heteroatoms. The number of nitrogens with one attached hydrogen (secondary N) is 2. The summed E-state index contributed by atoms with van der Waals surface area (Å²) in [6.45, 7) is 13.3. The molecule has 0 unspecified atom stereocenters. The summed E-state index contributed by atoms with van der Waals surface area (Å²) in [5.41, 5.74) is -1.48. The minimum atomic E-state index is -4.82. The smallest absolute Gasteiger partial charge is 0.470 e. The van der Waals surface area contributed by atoms with Crippen LogP contribution in [0, 0.1) is 22.5 Å². The third kappa shape index (κ3) is 8.95. The first-order valence-electron chi connectivity index (χ1n) is 17.3. The van der Waals surface area contributed by atoms with Crippen LogP contribution in [0.1, 0.15) is 60.8 Å². The maximum atomic E-state index is 14.0. The molecule has 0 aliphatic carbocycles. The van der Waals surface area contributed by atoms with Crippen LogP contribution in [0.3, 0.4) is 0 Å². The van der Waals surface area contributed by atoms with Gasteiger partial charge in [-0.2, -0.15) is 5.10 Å². The van der Waals surface area contributed by atoms with Crippen molar-refractivity contribution in [3.8, 4) is 11.5 Å². The molecule has 0 radical (unpaired) electrons. The zero-order valence-corrected chi connectivity index (χ0v) is 31.9. The summed E-state index contributed by atoms with van der Waals surface area (Å²) in [6.07, 6.45) is 6.73. The van der Waals surface area contributed by atoms with Crippen LogP contribution in [0.25, 0.3) is 10.9 Å². The Kier molecular flexibility index (Phi) is 11.8. The van der Waals surface area contributed by atoms with Crippen molar-refractivity contribution >= 4 is 41.8 Å². The van der Waals surface area contributed by atoms with E-state index >= 15 is 0 Å². The number of phosphoric acid groups is 1. The topological polar surface area (TPSA) is 173 Å². The van der Waals surface area contributed by atoms with E-state index < -0.39 is 41.8 Å². The molecule has 0 bridgehead atoms. The van der Waals surface area contributed by atoms with Crippen LogP contribution < -0.4 is 20.1 Å². The van der Waals surface area contributed by atoms with Crippen molar-refractivity contribution in [2.45, 2.75) is 79.0 Å². The number of phosphoric ester groups is 1. The number of nitrogens with zero attached hydrogens (tertiary/aromatic N) is 5. The number of benzene rings is 2. The van der Waals surface area contributed by atoms with Crippen molar-refractivity contribution in [3.05, 3.63) is 60.7 Å². The van der Waals surface area contributed by atoms with Crippen molar-refractivity contribution in [2.24, 2.45) is 10.8 Å². The summed E-state index contributed by atoms with van der Waals surface area (Å²) in [7, 11) is -3.29. The minimum Gasteiger partial charge on any atom is -0.493 e. The van der Waals surface area contributed by atoms with Gasteiger partial charge in [0.25, 0.3) is 0 Å². The number of aromatic nitrogens is 4. The molecular weight excluding hydrogens is 711 g/mol. The first-order chi connectivity index (χ1) is 24.8. The van der Waals surface area contributed by atoms with Gasteiger partial charge in [-0.3, -0.25) is 18.9 Å². The second-order valence-corrected chi connectivity index (χ2v) is 16.3. The number of carbonyl (C=O) groups excluding carboxylic acids is 1. The van der Waals surface area contributed by atoms with E-state index in [2.05, 4.69) is 30.6 Å². The Morgan fingerprint density at radius 2 is 1.81 bits per heavy atom. The second-order valence-electron chi connectivity index (χ2n) is 15.2. The fourth-order valence-corrected chi connectivity index (χ4v) is 8.72. The van der Waals surface area contributed by atoms with E-state index in [0.717, 1.165) is 25.5 Å². The molecule has 4 N–H and O–H groups in total. The number of ether oxygens (including phenoxy) is 2. The molecule has 0 spiro atoms. The molecule has 0 saturated carbocycles. The highest BCUT2D eigenvalue weighted by Crippen LogP contribution is 2.59. The largest absolute Gasteiger partial charge is 0.493 e. The molecule has 3 heterocycles. The van der Waals surface area contributed by atoms with Gasteiger partial charge in [-0.15, -0.1) is 0 Å². The van der Waals surface area contributed by atoms with E-state index in [-0.39, 0.29) is 18.3 Å². The number of halogens is 2. The van der Waals surface area contributed by atoms with Gasteiger partial charge in [0.15, 0.2) is 23.1 Å². The molecule has 1 atom stereocenters. The summed E-state index contributed by atoms with van der Waals surface area (Å²) in [5.74, 6) is -1.40. The summed E-state index contributed by atoms with van der Waals surface area (Å²) in [5, 5.41) is 10.3. The monoisotopic (exact) mass is 759 g/mol. The van der Waals surface area contributed by atoms with Gasteiger partial charge >= 0.3 is 7.82 Å². The van der Waals surface area contributed by atoms with Crippen LogP contribution in [-0.4, -0.2) is 78.8 Å². The summed E-state index contributed by atoms with van der Waals surface area (Å²) in [4.78, 5) is 43.6. The van der Waals surface area contributed by atoms with Crippen LogP contribution in [0.4, 0.5) is 26.0 Å². The maximum absolute atomic E-state index is 14.0. The van der Waals surface area contributed by atoms with Crippen molar-refractivity contribution in [1.82, 2.24) is 24.6 Å². The number of amides is 1. The Morgan fingerprint density at radius 3 is 2.49 bits per heavy atom. The number of hydrogen-bond acceptors (Lipinski definition) is 10. The molecule has 1 saturated heterocycles. The molecule has 2 aromatic heterocycles. The molecule has 288 valence electrons. The third-order valence-corrected chi connectivity index (χ3v) is 10.0. The number of fused-ring (bicyclic) bond motifs is 1. The van der Waals surface area contributed by atoms with E-state index in [0.29, 0.717) is 53.5 Å². The molecule has 14 nitrogen and oxygen atoms in total. The Labute approximate surface area is 307 Å². The van der Waals surface area contributed by atoms with Gasteiger partial charge in [-0.1, -0.05) is 47.6 Å². The molecule has 53 heavy (non-hydrogen) atoms. The van der Waals surface area contributed by atoms with Gasteiger partial charge in [0, 0.05) is 30.2 Å². The lowest BCUT2D eigenvalue weighted by atomic mass is 9.58. The Morgan fingerprint density at radius 1 is 1.08 bits per heavy atom. The fraction of sp³-hybridized carbons (Fsp3) is 0.500. The zero-order valence-electron chi connectivity index (χ0n) is 31.0. The van der Waals surface area contributed by atoms with Crippen molar-refractivity contribution in [3.63, 3.8) is 0 Å². The Hall–Kier alpha value is -4.21. The van der Waals surface area contributed by atoms with E-state index in [1.807, 2.05) is 41.5 Å². The summed E-state index contributed by atoms with van der Waals surface area (Å²) in [6, 6.07) is 6.83. The summed E-state index contributed by atoms with van der Waals surface area (Å²) < 4.78 is 58.9. The van der Waals surface area contributed by atoms with Gasteiger partial charge in [0.05, 0.1) is 36.8 Å². The molecule has 1 fully saturated rings. The van der Waals surface area contributed by atoms with E-state index in [1.165, 1.54) is 36.4 Å². The first-order valence-corrected chi connectivity index (χ1v) is 18.9. The second kappa shape index (κ2) is 15.6. The average Bonchev–Trinajstić information content (AvgIpc) is 3.71. The van der Waals surface area contributed by atoms with E-state index in [1.54, 1.807) is 18.3 Å². The van der Waals surface area contributed by atoms with Crippen LogP contribution in [-0.2, 0) is 20.4 Å². The predicted octanol–water partition coefficient (Wildman–Crippen LogP) is 6.67. The quantitative estimate of drug-likeness (QED) is 0.0796. The maximum Gasteiger partial charge on any atom is 0.470 e. The SMILES string of the molecule is COc1cc2c(Nc3cnn(CC(=O)Nc4cccc(F)c4F)c3)ncnc2cc1OCCCN1CCC[C@@H]1C(OP(=O)(O)O)(C(C)(C)C)C(C)(C)C. The van der Waals surface area contributed by atoms with Crippen LogP contribution >= 0.6 is 7.82 Å². The number of anilines is 3. The molecule has 1 amide bonds. The van der Waals surface area contributed by atoms with Crippen molar-refractivity contribution in [2.75, 3.05) is 37.4 Å². The average molecular weight is 760 g/mol. The summed E-state index contributed by atoms with van der Waals surface area (Å²) >= 11 is 0. The Balaban J connectivity index is 1.24. The minimum absolute atomic E-state index is 0.220. The lowest BCUT2D eigenvalue weighted by Gasteiger charge is -2.57. The molecule has 4 aromatic rings. The standard InChI is InChI=1S/C36H48F2N7O7P/c1-34(2,3)36(35(4,5)6,52-53(47,48)49)30-13-9-14-44(30)15-10-16-51-29-18-27-24(17-28(29)50-7)33(40-22-39-27)42-23-19-41-45(20-23)21-31(46)43-26-12-8-11-25(37)32(26)38/h8,11-12,17-20,22,30H,9-10,13-16,21H2,1-7H3,(H,43,46)(H,39,40,42)(H2,47,48,49)/t30-/m1/s1. The lowest BCUT2D eigenvalue weighted by molar-refractivity contribution is -0.168. The number of methoxy groups -OCH3 is 1. The zero-order chi connectivity index (χ0) is 38.8.